The Morgan fingerprint density at radius 2 is 2.27 bits per heavy atom. The van der Waals surface area contributed by atoms with Gasteiger partial charge in [0.05, 0.1) is 12.9 Å². The van der Waals surface area contributed by atoms with Crippen molar-refractivity contribution in [3.05, 3.63) is 36.1 Å². The minimum absolute atomic E-state index is 0.293. The average molecular weight is 205 g/mol. The summed E-state index contributed by atoms with van der Waals surface area (Å²) >= 11 is 0. The molecule has 0 aliphatic rings. The van der Waals surface area contributed by atoms with Gasteiger partial charge >= 0.3 is 6.09 Å². The van der Waals surface area contributed by atoms with Crippen LogP contribution in [0.4, 0.5) is 4.79 Å². The first-order valence-electron chi connectivity index (χ1n) is 4.64. The van der Waals surface area contributed by atoms with Gasteiger partial charge < -0.3 is 14.9 Å². The van der Waals surface area contributed by atoms with Gasteiger partial charge in [-0.15, -0.1) is 0 Å². The highest BCUT2D eigenvalue weighted by Crippen LogP contribution is 2.17. The van der Waals surface area contributed by atoms with Gasteiger partial charge in [0.25, 0.3) is 0 Å². The maximum atomic E-state index is 10.3. The number of ether oxygens (including phenoxy) is 1. The summed E-state index contributed by atoms with van der Waals surface area (Å²) < 4.78 is 9.90. The second-order valence-electron chi connectivity index (χ2n) is 3.21. The minimum atomic E-state index is -0.742. The summed E-state index contributed by atoms with van der Waals surface area (Å²) in [6, 6.07) is 7.78. The molecule has 15 heavy (non-hydrogen) atoms. The first-order chi connectivity index (χ1) is 7.25. The van der Waals surface area contributed by atoms with E-state index >= 15 is 0 Å². The van der Waals surface area contributed by atoms with Gasteiger partial charge in [-0.1, -0.05) is 12.1 Å². The Hall–Kier alpha value is -1.97. The van der Waals surface area contributed by atoms with E-state index in [0.29, 0.717) is 13.0 Å². The Bertz CT molecular complexity index is 475. The standard InChI is InChI=1S/C11H11NO3/c12-11(13)15-5-3-8-1-2-9-4-6-14-10(9)7-8/h1-2,4,6-7H,3,5H2,(H2,12,13). The zero-order valence-electron chi connectivity index (χ0n) is 8.10. The fourth-order valence-electron chi connectivity index (χ4n) is 1.42. The summed E-state index contributed by atoms with van der Waals surface area (Å²) in [6.07, 6.45) is 1.54. The molecule has 4 nitrogen and oxygen atoms in total. The lowest BCUT2D eigenvalue weighted by Crippen LogP contribution is -2.14. The number of nitrogens with two attached hydrogens (primary N) is 1. The third-order valence-corrected chi connectivity index (χ3v) is 2.16. The molecule has 0 aliphatic heterocycles. The van der Waals surface area contributed by atoms with Crippen molar-refractivity contribution >= 4 is 17.1 Å². The number of primary amides is 1. The molecule has 1 aromatic carbocycles. The van der Waals surface area contributed by atoms with Gasteiger partial charge in [-0.05, 0) is 17.7 Å². The molecule has 1 aromatic heterocycles. The van der Waals surface area contributed by atoms with Crippen molar-refractivity contribution in [3.8, 4) is 0 Å². The summed E-state index contributed by atoms with van der Waals surface area (Å²) in [6.45, 7) is 0.293. The quantitative estimate of drug-likeness (QED) is 0.834. The molecule has 0 unspecified atom stereocenters. The number of hydrogen-bond acceptors (Lipinski definition) is 3. The predicted octanol–water partition coefficient (Wildman–Crippen LogP) is 2.07. The smallest absolute Gasteiger partial charge is 0.404 e. The van der Waals surface area contributed by atoms with Crippen LogP contribution in [0.5, 0.6) is 0 Å². The maximum Gasteiger partial charge on any atom is 0.404 e. The zero-order chi connectivity index (χ0) is 10.7. The number of rotatable bonds is 3. The number of carbonyl (C=O) groups is 1. The van der Waals surface area contributed by atoms with Crippen LogP contribution in [-0.4, -0.2) is 12.7 Å². The van der Waals surface area contributed by atoms with Gasteiger partial charge in [0, 0.05) is 11.8 Å². The molecule has 0 fully saturated rings. The molecule has 4 heteroatoms. The van der Waals surface area contributed by atoms with Crippen molar-refractivity contribution in [2.45, 2.75) is 6.42 Å². The zero-order valence-corrected chi connectivity index (χ0v) is 8.10. The fourth-order valence-corrected chi connectivity index (χ4v) is 1.42. The number of hydrogen-bond donors (Lipinski definition) is 1. The lowest BCUT2D eigenvalue weighted by Gasteiger charge is -2.01. The van der Waals surface area contributed by atoms with E-state index in [0.717, 1.165) is 16.5 Å². The third kappa shape index (κ3) is 2.28. The SMILES string of the molecule is NC(=O)OCCc1ccc2ccoc2c1. The number of carbonyl (C=O) groups excluding carboxylic acids is 1. The van der Waals surface area contributed by atoms with Crippen molar-refractivity contribution < 1.29 is 13.9 Å². The third-order valence-electron chi connectivity index (χ3n) is 2.16. The van der Waals surface area contributed by atoms with E-state index in [1.54, 1.807) is 6.26 Å². The minimum Gasteiger partial charge on any atom is -0.464 e. The van der Waals surface area contributed by atoms with Gasteiger partial charge in [0.1, 0.15) is 5.58 Å². The second kappa shape index (κ2) is 4.04. The van der Waals surface area contributed by atoms with Gasteiger partial charge in [-0.25, -0.2) is 4.79 Å². The predicted molar refractivity (Wildman–Crippen MR) is 55.5 cm³/mol. The number of furan rings is 1. The van der Waals surface area contributed by atoms with Crippen molar-refractivity contribution in [3.63, 3.8) is 0 Å². The van der Waals surface area contributed by atoms with Crippen LogP contribution in [0.2, 0.25) is 0 Å². The molecule has 1 heterocycles. The first kappa shape index (κ1) is 9.58. The van der Waals surface area contributed by atoms with Crippen molar-refractivity contribution in [2.75, 3.05) is 6.61 Å². The highest BCUT2D eigenvalue weighted by atomic mass is 16.5. The van der Waals surface area contributed by atoms with Crippen molar-refractivity contribution in [1.82, 2.24) is 0 Å². The molecule has 2 aromatic rings. The van der Waals surface area contributed by atoms with Crippen LogP contribution >= 0.6 is 0 Å². The van der Waals surface area contributed by atoms with Crippen molar-refractivity contribution in [2.24, 2.45) is 5.73 Å². The average Bonchev–Trinajstić information content (AvgIpc) is 2.64. The molecule has 78 valence electrons. The van der Waals surface area contributed by atoms with E-state index in [4.69, 9.17) is 10.2 Å². The molecule has 0 atom stereocenters. The molecule has 1 amide bonds. The number of amides is 1. The summed E-state index contributed by atoms with van der Waals surface area (Å²) in [5, 5.41) is 1.06. The van der Waals surface area contributed by atoms with E-state index in [2.05, 4.69) is 4.74 Å². The van der Waals surface area contributed by atoms with Crippen LogP contribution in [0.15, 0.2) is 34.9 Å². The normalized spacial score (nSPS) is 10.4. The lowest BCUT2D eigenvalue weighted by molar-refractivity contribution is 0.158. The second-order valence-corrected chi connectivity index (χ2v) is 3.21. The summed E-state index contributed by atoms with van der Waals surface area (Å²) in [5.41, 5.74) is 6.74. The lowest BCUT2D eigenvalue weighted by atomic mass is 10.1. The largest absolute Gasteiger partial charge is 0.464 e. The van der Waals surface area contributed by atoms with Crippen LogP contribution in [0.1, 0.15) is 5.56 Å². The summed E-state index contributed by atoms with van der Waals surface area (Å²) in [4.78, 5) is 10.3. The Morgan fingerprint density at radius 1 is 1.40 bits per heavy atom. The molecule has 0 spiro atoms. The summed E-state index contributed by atoms with van der Waals surface area (Å²) in [5.74, 6) is 0. The monoisotopic (exact) mass is 205 g/mol. The molecule has 2 N–H and O–H groups in total. The van der Waals surface area contributed by atoms with E-state index in [9.17, 15) is 4.79 Å². The van der Waals surface area contributed by atoms with Gasteiger partial charge in [-0.3, -0.25) is 0 Å². The van der Waals surface area contributed by atoms with E-state index in [-0.39, 0.29) is 0 Å². The van der Waals surface area contributed by atoms with Gasteiger partial charge in [0.15, 0.2) is 0 Å². The maximum absolute atomic E-state index is 10.3. The molecule has 0 saturated heterocycles. The molecule has 0 bridgehead atoms. The molecule has 0 aliphatic carbocycles. The molecular weight excluding hydrogens is 194 g/mol. The van der Waals surface area contributed by atoms with Crippen LogP contribution in [0.25, 0.3) is 11.0 Å². The summed E-state index contributed by atoms with van der Waals surface area (Å²) in [7, 11) is 0. The fraction of sp³-hybridized carbons (Fsp3) is 0.182. The van der Waals surface area contributed by atoms with Gasteiger partial charge in [-0.2, -0.15) is 0 Å². The van der Waals surface area contributed by atoms with E-state index in [1.807, 2.05) is 24.3 Å². The Morgan fingerprint density at radius 3 is 3.07 bits per heavy atom. The molecular formula is C11H11NO3. The van der Waals surface area contributed by atoms with Crippen molar-refractivity contribution in [1.29, 1.82) is 0 Å². The van der Waals surface area contributed by atoms with Gasteiger partial charge in [0.2, 0.25) is 0 Å². The van der Waals surface area contributed by atoms with E-state index in [1.165, 1.54) is 0 Å². The first-order valence-corrected chi connectivity index (χ1v) is 4.64. The van der Waals surface area contributed by atoms with E-state index < -0.39 is 6.09 Å². The van der Waals surface area contributed by atoms with Crippen LogP contribution in [0.3, 0.4) is 0 Å². The number of benzene rings is 1. The van der Waals surface area contributed by atoms with Crippen LogP contribution < -0.4 is 5.73 Å². The molecule has 0 radical (unpaired) electrons. The highest BCUT2D eigenvalue weighted by Gasteiger charge is 2.00. The van der Waals surface area contributed by atoms with Crippen LogP contribution in [-0.2, 0) is 11.2 Å². The van der Waals surface area contributed by atoms with Crippen LogP contribution in [0, 0.1) is 0 Å². The Balaban J connectivity index is 2.04. The Kier molecular flexibility index (Phi) is 2.58. The Labute approximate surface area is 86.6 Å². The molecule has 2 rings (SSSR count). The topological polar surface area (TPSA) is 65.5 Å². The number of fused-ring (bicyclic) bond motifs is 1. The highest BCUT2D eigenvalue weighted by molar-refractivity contribution is 5.77. The molecule has 0 saturated carbocycles.